The zero-order valence-corrected chi connectivity index (χ0v) is 14.4. The van der Waals surface area contributed by atoms with Crippen molar-refractivity contribution >= 4 is 11.8 Å². The van der Waals surface area contributed by atoms with Crippen molar-refractivity contribution in [3.05, 3.63) is 11.8 Å². The van der Waals surface area contributed by atoms with Crippen molar-refractivity contribution in [1.82, 2.24) is 14.9 Å². The number of aryl methyl sites for hydroxylation is 1. The molecule has 1 aliphatic rings. The molecule has 0 radical (unpaired) electrons. The summed E-state index contributed by atoms with van der Waals surface area (Å²) >= 11 is 0. The molecule has 0 aliphatic heterocycles. The Morgan fingerprint density at radius 3 is 2.55 bits per heavy atom. The minimum absolute atomic E-state index is 0.568. The van der Waals surface area contributed by atoms with Gasteiger partial charge in [-0.3, -0.25) is 0 Å². The van der Waals surface area contributed by atoms with Crippen molar-refractivity contribution in [2.24, 2.45) is 0 Å². The van der Waals surface area contributed by atoms with E-state index < -0.39 is 0 Å². The van der Waals surface area contributed by atoms with Crippen molar-refractivity contribution in [3.8, 4) is 0 Å². The van der Waals surface area contributed by atoms with E-state index in [1.807, 2.05) is 6.92 Å². The highest BCUT2D eigenvalue weighted by atomic mass is 15.1. The zero-order valence-electron chi connectivity index (χ0n) is 14.4. The van der Waals surface area contributed by atoms with E-state index in [1.54, 1.807) is 0 Å². The SMILES string of the molecule is Cc1cc(NC2CCCCCC2)nc(NCCCN(C)C)n1. The molecule has 0 amide bonds. The van der Waals surface area contributed by atoms with Gasteiger partial charge in [0.1, 0.15) is 5.82 Å². The third kappa shape index (κ3) is 6.18. The molecule has 5 nitrogen and oxygen atoms in total. The molecule has 22 heavy (non-hydrogen) atoms. The lowest BCUT2D eigenvalue weighted by atomic mass is 10.1. The van der Waals surface area contributed by atoms with E-state index in [0.29, 0.717) is 6.04 Å². The second kappa shape index (κ2) is 8.93. The Morgan fingerprint density at radius 2 is 1.86 bits per heavy atom. The van der Waals surface area contributed by atoms with E-state index in [-0.39, 0.29) is 0 Å². The van der Waals surface area contributed by atoms with Crippen LogP contribution >= 0.6 is 0 Å². The van der Waals surface area contributed by atoms with Crippen molar-refractivity contribution < 1.29 is 0 Å². The van der Waals surface area contributed by atoms with Crippen LogP contribution in [0.3, 0.4) is 0 Å². The molecular weight excluding hydrogens is 274 g/mol. The summed E-state index contributed by atoms with van der Waals surface area (Å²) in [5.74, 6) is 1.71. The molecule has 0 aromatic carbocycles. The number of rotatable bonds is 7. The van der Waals surface area contributed by atoms with Gasteiger partial charge in [-0.15, -0.1) is 0 Å². The Balaban J connectivity index is 1.88. The van der Waals surface area contributed by atoms with Gasteiger partial charge < -0.3 is 15.5 Å². The highest BCUT2D eigenvalue weighted by Crippen LogP contribution is 2.21. The number of nitrogens with zero attached hydrogens (tertiary/aromatic N) is 3. The van der Waals surface area contributed by atoms with Crippen LogP contribution in [-0.2, 0) is 0 Å². The van der Waals surface area contributed by atoms with E-state index >= 15 is 0 Å². The minimum atomic E-state index is 0.568. The van der Waals surface area contributed by atoms with Crippen LogP contribution in [0.25, 0.3) is 0 Å². The second-order valence-corrected chi connectivity index (χ2v) is 6.63. The Kier molecular flexibility index (Phi) is 6.90. The lowest BCUT2D eigenvalue weighted by molar-refractivity contribution is 0.405. The van der Waals surface area contributed by atoms with Gasteiger partial charge in [0.25, 0.3) is 0 Å². The smallest absolute Gasteiger partial charge is 0.224 e. The lowest BCUT2D eigenvalue weighted by Gasteiger charge is -2.18. The van der Waals surface area contributed by atoms with Crippen LogP contribution in [0.1, 0.15) is 50.6 Å². The summed E-state index contributed by atoms with van der Waals surface area (Å²) in [5.41, 5.74) is 1.02. The van der Waals surface area contributed by atoms with Gasteiger partial charge in [-0.05, 0) is 46.8 Å². The van der Waals surface area contributed by atoms with E-state index in [1.165, 1.54) is 38.5 Å². The van der Waals surface area contributed by atoms with E-state index in [0.717, 1.165) is 37.0 Å². The number of nitrogens with one attached hydrogen (secondary N) is 2. The molecule has 1 aliphatic carbocycles. The van der Waals surface area contributed by atoms with Crippen LogP contribution in [0.5, 0.6) is 0 Å². The predicted molar refractivity (Wildman–Crippen MR) is 93.5 cm³/mol. The van der Waals surface area contributed by atoms with Crippen molar-refractivity contribution in [3.63, 3.8) is 0 Å². The average Bonchev–Trinajstić information content (AvgIpc) is 2.71. The molecule has 0 atom stereocenters. The maximum atomic E-state index is 4.63. The first kappa shape index (κ1) is 17.0. The van der Waals surface area contributed by atoms with Gasteiger partial charge in [0.2, 0.25) is 5.95 Å². The fourth-order valence-electron chi connectivity index (χ4n) is 2.95. The molecule has 0 bridgehead atoms. The first-order valence-electron chi connectivity index (χ1n) is 8.64. The summed E-state index contributed by atoms with van der Waals surface area (Å²) in [5, 5.41) is 6.95. The summed E-state index contributed by atoms with van der Waals surface area (Å²) in [4.78, 5) is 11.3. The van der Waals surface area contributed by atoms with Crippen molar-refractivity contribution in [2.75, 3.05) is 37.8 Å². The van der Waals surface area contributed by atoms with Crippen LogP contribution in [0, 0.1) is 6.92 Å². The highest BCUT2D eigenvalue weighted by molar-refractivity contribution is 5.42. The maximum absolute atomic E-state index is 4.63. The molecule has 1 aromatic rings. The number of anilines is 2. The van der Waals surface area contributed by atoms with E-state index in [2.05, 4.69) is 45.7 Å². The third-order valence-corrected chi connectivity index (χ3v) is 4.13. The largest absolute Gasteiger partial charge is 0.367 e. The maximum Gasteiger partial charge on any atom is 0.224 e. The average molecular weight is 305 g/mol. The quantitative estimate of drug-likeness (QED) is 0.598. The Morgan fingerprint density at radius 1 is 1.14 bits per heavy atom. The van der Waals surface area contributed by atoms with Crippen LogP contribution in [0.15, 0.2) is 6.07 Å². The topological polar surface area (TPSA) is 53.1 Å². The molecule has 0 spiro atoms. The number of hydrogen-bond acceptors (Lipinski definition) is 5. The fourth-order valence-corrected chi connectivity index (χ4v) is 2.95. The number of aromatic nitrogens is 2. The molecule has 2 N–H and O–H groups in total. The Labute approximate surface area is 134 Å². The normalized spacial score (nSPS) is 16.5. The highest BCUT2D eigenvalue weighted by Gasteiger charge is 2.13. The summed E-state index contributed by atoms with van der Waals surface area (Å²) in [7, 11) is 4.19. The molecule has 0 unspecified atom stereocenters. The first-order chi connectivity index (χ1) is 10.6. The minimum Gasteiger partial charge on any atom is -0.367 e. The second-order valence-electron chi connectivity index (χ2n) is 6.63. The molecule has 1 saturated carbocycles. The predicted octanol–water partition coefficient (Wildman–Crippen LogP) is 3.28. The summed E-state index contributed by atoms with van der Waals surface area (Å²) in [6.45, 7) is 4.02. The molecule has 1 fully saturated rings. The zero-order chi connectivity index (χ0) is 15.8. The van der Waals surface area contributed by atoms with Crippen molar-refractivity contribution in [1.29, 1.82) is 0 Å². The first-order valence-corrected chi connectivity index (χ1v) is 8.64. The third-order valence-electron chi connectivity index (χ3n) is 4.13. The Bertz CT molecular complexity index is 439. The van der Waals surface area contributed by atoms with Crippen LogP contribution < -0.4 is 10.6 Å². The van der Waals surface area contributed by atoms with Gasteiger partial charge in [-0.2, -0.15) is 4.98 Å². The van der Waals surface area contributed by atoms with Gasteiger partial charge in [0, 0.05) is 24.3 Å². The van der Waals surface area contributed by atoms with Crippen LogP contribution in [-0.4, -0.2) is 48.1 Å². The molecule has 0 saturated heterocycles. The lowest BCUT2D eigenvalue weighted by Crippen LogP contribution is -2.20. The van der Waals surface area contributed by atoms with E-state index in [9.17, 15) is 0 Å². The fraction of sp³-hybridized carbons (Fsp3) is 0.765. The van der Waals surface area contributed by atoms with Gasteiger partial charge >= 0.3 is 0 Å². The van der Waals surface area contributed by atoms with Crippen LogP contribution in [0.4, 0.5) is 11.8 Å². The monoisotopic (exact) mass is 305 g/mol. The summed E-state index contributed by atoms with van der Waals surface area (Å²) in [6, 6.07) is 2.62. The molecule has 2 rings (SSSR count). The Hall–Kier alpha value is -1.36. The summed E-state index contributed by atoms with van der Waals surface area (Å²) < 4.78 is 0. The van der Waals surface area contributed by atoms with Crippen molar-refractivity contribution in [2.45, 2.75) is 57.9 Å². The molecular formula is C17H31N5. The summed E-state index contributed by atoms with van der Waals surface area (Å²) in [6.07, 6.45) is 9.02. The number of hydrogen-bond donors (Lipinski definition) is 2. The van der Waals surface area contributed by atoms with Crippen LogP contribution in [0.2, 0.25) is 0 Å². The van der Waals surface area contributed by atoms with E-state index in [4.69, 9.17) is 0 Å². The molecule has 1 aromatic heterocycles. The molecule has 1 heterocycles. The van der Waals surface area contributed by atoms with Gasteiger partial charge in [0.15, 0.2) is 0 Å². The van der Waals surface area contributed by atoms with Gasteiger partial charge in [0.05, 0.1) is 0 Å². The van der Waals surface area contributed by atoms with Gasteiger partial charge in [-0.25, -0.2) is 4.98 Å². The van der Waals surface area contributed by atoms with Gasteiger partial charge in [-0.1, -0.05) is 25.7 Å². The standard InChI is InChI=1S/C17H31N5/c1-14-13-16(20-15-9-6-4-5-7-10-15)21-17(19-14)18-11-8-12-22(2)3/h13,15H,4-12H2,1-3H3,(H2,18,19,20,21). The molecule has 124 valence electrons. The molecule has 5 heteroatoms.